The van der Waals surface area contributed by atoms with Gasteiger partial charge in [0.15, 0.2) is 5.96 Å². The average Bonchev–Trinajstić information content (AvgIpc) is 2.77. The summed E-state index contributed by atoms with van der Waals surface area (Å²) in [5, 5.41) is 3.46. The Morgan fingerprint density at radius 1 is 1.13 bits per heavy atom. The summed E-state index contributed by atoms with van der Waals surface area (Å²) in [4.78, 5) is 23.6. The van der Waals surface area contributed by atoms with Gasteiger partial charge in [0.05, 0.1) is 5.92 Å². The molecule has 30 heavy (non-hydrogen) atoms. The molecule has 166 valence electrons. The van der Waals surface area contributed by atoms with E-state index in [1.807, 2.05) is 0 Å². The zero-order valence-electron chi connectivity index (χ0n) is 18.4. The number of hydrogen-bond donors (Lipinski definition) is 2. The summed E-state index contributed by atoms with van der Waals surface area (Å²) in [6.45, 7) is 11.8. The fourth-order valence-corrected chi connectivity index (χ4v) is 4.36. The maximum Gasteiger partial charge on any atom is 0.221 e. The largest absolute Gasteiger partial charge is 0.369 e. The minimum atomic E-state index is -0.154. The fraction of sp³-hybridized carbons (Fsp3) is 0.652. The average molecular weight is 415 g/mol. The standard InChI is InChI=1S/C23H38N6O/c1-2-25-23(26-11-7-13-27-12-6-10-21(19-27)22(24)30)29-16-14-28(15-17-29)18-20-8-4-3-5-9-20/h3-5,8-9,21H,2,6-7,10-19H2,1H3,(H2,24,30)(H,25,26). The number of likely N-dealkylation sites (tertiary alicyclic amines) is 1. The zero-order valence-corrected chi connectivity index (χ0v) is 18.4. The summed E-state index contributed by atoms with van der Waals surface area (Å²) in [6.07, 6.45) is 3.01. The molecule has 2 aliphatic rings. The van der Waals surface area contributed by atoms with Crippen molar-refractivity contribution in [1.29, 1.82) is 0 Å². The molecule has 2 aliphatic heterocycles. The van der Waals surface area contributed by atoms with Crippen LogP contribution < -0.4 is 11.1 Å². The number of piperidine rings is 1. The van der Waals surface area contributed by atoms with E-state index in [4.69, 9.17) is 10.7 Å². The minimum absolute atomic E-state index is 0.0201. The molecule has 1 atom stereocenters. The van der Waals surface area contributed by atoms with Gasteiger partial charge in [0.25, 0.3) is 0 Å². The number of guanidine groups is 1. The lowest BCUT2D eigenvalue weighted by molar-refractivity contribution is -0.123. The minimum Gasteiger partial charge on any atom is -0.369 e. The SMILES string of the molecule is CCNC(=NCCCN1CCCC(C(N)=O)C1)N1CCN(Cc2ccccc2)CC1. The molecule has 0 bridgehead atoms. The molecule has 2 fully saturated rings. The van der Waals surface area contributed by atoms with Gasteiger partial charge in [-0.2, -0.15) is 0 Å². The van der Waals surface area contributed by atoms with E-state index < -0.39 is 0 Å². The maximum absolute atomic E-state index is 11.4. The third-order valence-electron chi connectivity index (χ3n) is 6.06. The molecule has 2 heterocycles. The van der Waals surface area contributed by atoms with E-state index in [1.54, 1.807) is 0 Å². The van der Waals surface area contributed by atoms with Crippen molar-refractivity contribution >= 4 is 11.9 Å². The molecule has 3 N–H and O–H groups in total. The predicted molar refractivity (Wildman–Crippen MR) is 122 cm³/mol. The number of hydrogen-bond acceptors (Lipinski definition) is 4. The number of aliphatic imine (C=N–C) groups is 1. The third-order valence-corrected chi connectivity index (χ3v) is 6.06. The van der Waals surface area contributed by atoms with Gasteiger partial charge in [-0.1, -0.05) is 30.3 Å². The number of amides is 1. The lowest BCUT2D eigenvalue weighted by Gasteiger charge is -2.36. The highest BCUT2D eigenvalue weighted by atomic mass is 16.1. The lowest BCUT2D eigenvalue weighted by atomic mass is 9.97. The molecule has 1 aromatic rings. The Morgan fingerprint density at radius 2 is 1.90 bits per heavy atom. The summed E-state index contributed by atoms with van der Waals surface area (Å²) < 4.78 is 0. The number of nitrogens with one attached hydrogen (secondary N) is 1. The Labute approximate surface area is 181 Å². The van der Waals surface area contributed by atoms with Gasteiger partial charge in [0.1, 0.15) is 0 Å². The quantitative estimate of drug-likeness (QED) is 0.382. The number of carbonyl (C=O) groups is 1. The Kier molecular flexibility index (Phi) is 8.96. The summed E-state index contributed by atoms with van der Waals surface area (Å²) >= 11 is 0. The Bertz CT molecular complexity index is 672. The Morgan fingerprint density at radius 3 is 2.60 bits per heavy atom. The smallest absolute Gasteiger partial charge is 0.221 e. The van der Waals surface area contributed by atoms with E-state index in [0.29, 0.717) is 0 Å². The van der Waals surface area contributed by atoms with Crippen LogP contribution in [0.5, 0.6) is 0 Å². The molecule has 0 radical (unpaired) electrons. The molecular weight excluding hydrogens is 376 g/mol. The number of piperazine rings is 1. The first-order valence-corrected chi connectivity index (χ1v) is 11.5. The second-order valence-electron chi connectivity index (χ2n) is 8.38. The van der Waals surface area contributed by atoms with Crippen LogP contribution in [0.3, 0.4) is 0 Å². The predicted octanol–water partition coefficient (Wildman–Crippen LogP) is 1.36. The normalized spacial score (nSPS) is 21.6. The van der Waals surface area contributed by atoms with Crippen molar-refractivity contribution < 1.29 is 4.79 Å². The number of rotatable bonds is 8. The van der Waals surface area contributed by atoms with Crippen LogP contribution in [-0.4, -0.2) is 85.5 Å². The highest BCUT2D eigenvalue weighted by Crippen LogP contribution is 2.16. The highest BCUT2D eigenvalue weighted by Gasteiger charge is 2.23. The van der Waals surface area contributed by atoms with Crippen LogP contribution in [0.15, 0.2) is 35.3 Å². The van der Waals surface area contributed by atoms with Gasteiger partial charge < -0.3 is 20.9 Å². The first-order chi connectivity index (χ1) is 14.7. The van der Waals surface area contributed by atoms with Gasteiger partial charge in [0.2, 0.25) is 5.91 Å². The molecule has 7 nitrogen and oxygen atoms in total. The molecule has 0 saturated carbocycles. The van der Waals surface area contributed by atoms with Crippen LogP contribution in [-0.2, 0) is 11.3 Å². The summed E-state index contributed by atoms with van der Waals surface area (Å²) in [5.74, 6) is 0.899. The lowest BCUT2D eigenvalue weighted by Crippen LogP contribution is -2.52. The monoisotopic (exact) mass is 414 g/mol. The molecule has 0 aliphatic carbocycles. The first kappa shape index (κ1) is 22.6. The van der Waals surface area contributed by atoms with E-state index >= 15 is 0 Å². The topological polar surface area (TPSA) is 77.2 Å². The van der Waals surface area contributed by atoms with Gasteiger partial charge in [0, 0.05) is 52.4 Å². The van der Waals surface area contributed by atoms with Crippen molar-refractivity contribution in [2.24, 2.45) is 16.6 Å². The van der Waals surface area contributed by atoms with Crippen LogP contribution in [0.1, 0.15) is 31.7 Å². The molecular formula is C23H38N6O. The maximum atomic E-state index is 11.4. The third kappa shape index (κ3) is 6.99. The second kappa shape index (κ2) is 11.9. The van der Waals surface area contributed by atoms with Gasteiger partial charge in [-0.05, 0) is 44.8 Å². The van der Waals surface area contributed by atoms with Crippen molar-refractivity contribution in [3.8, 4) is 0 Å². The molecule has 3 rings (SSSR count). The number of carbonyl (C=O) groups excluding carboxylic acids is 1. The van der Waals surface area contributed by atoms with Crippen molar-refractivity contribution in [3.63, 3.8) is 0 Å². The highest BCUT2D eigenvalue weighted by molar-refractivity contribution is 5.80. The molecule has 0 spiro atoms. The van der Waals surface area contributed by atoms with Crippen LogP contribution in [0.4, 0.5) is 0 Å². The van der Waals surface area contributed by atoms with Crippen molar-refractivity contribution in [2.75, 3.05) is 58.9 Å². The van der Waals surface area contributed by atoms with Crippen LogP contribution in [0.2, 0.25) is 0 Å². The summed E-state index contributed by atoms with van der Waals surface area (Å²) in [7, 11) is 0. The van der Waals surface area contributed by atoms with Gasteiger partial charge in [-0.25, -0.2) is 0 Å². The second-order valence-corrected chi connectivity index (χ2v) is 8.38. The van der Waals surface area contributed by atoms with E-state index in [-0.39, 0.29) is 11.8 Å². The molecule has 1 unspecified atom stereocenters. The van der Waals surface area contributed by atoms with Gasteiger partial charge >= 0.3 is 0 Å². The van der Waals surface area contributed by atoms with E-state index in [2.05, 4.69) is 57.3 Å². The summed E-state index contributed by atoms with van der Waals surface area (Å²) in [5.41, 5.74) is 6.87. The molecule has 2 saturated heterocycles. The van der Waals surface area contributed by atoms with Gasteiger partial charge in [-0.15, -0.1) is 0 Å². The number of primary amides is 1. The molecule has 0 aromatic heterocycles. The molecule has 7 heteroatoms. The molecule has 1 amide bonds. The van der Waals surface area contributed by atoms with E-state index in [9.17, 15) is 4.79 Å². The number of nitrogens with zero attached hydrogens (tertiary/aromatic N) is 4. The molecule has 1 aromatic carbocycles. The number of nitrogens with two attached hydrogens (primary N) is 1. The summed E-state index contributed by atoms with van der Waals surface area (Å²) in [6, 6.07) is 10.7. The Balaban J connectivity index is 1.41. The van der Waals surface area contributed by atoms with Crippen LogP contribution >= 0.6 is 0 Å². The van der Waals surface area contributed by atoms with E-state index in [1.165, 1.54) is 5.56 Å². The fourth-order valence-electron chi connectivity index (χ4n) is 4.36. The number of benzene rings is 1. The van der Waals surface area contributed by atoms with Crippen LogP contribution in [0.25, 0.3) is 0 Å². The van der Waals surface area contributed by atoms with Gasteiger partial charge in [-0.3, -0.25) is 14.7 Å². The van der Waals surface area contributed by atoms with Crippen LogP contribution in [0, 0.1) is 5.92 Å². The van der Waals surface area contributed by atoms with E-state index in [0.717, 1.165) is 90.7 Å². The van der Waals surface area contributed by atoms with Crippen molar-refractivity contribution in [3.05, 3.63) is 35.9 Å². The van der Waals surface area contributed by atoms with Crippen molar-refractivity contribution in [2.45, 2.75) is 32.7 Å². The zero-order chi connectivity index (χ0) is 21.2. The first-order valence-electron chi connectivity index (χ1n) is 11.5. The Hall–Kier alpha value is -2.12. The van der Waals surface area contributed by atoms with Crippen molar-refractivity contribution in [1.82, 2.24) is 20.0 Å².